The van der Waals surface area contributed by atoms with Crippen LogP contribution in [0, 0.1) is 11.7 Å². The van der Waals surface area contributed by atoms with Gasteiger partial charge in [0.1, 0.15) is 11.6 Å². The molecule has 5 rings (SSSR count). The lowest BCUT2D eigenvalue weighted by atomic mass is 9.92. The number of hydrogen-bond donors (Lipinski definition) is 1. The van der Waals surface area contributed by atoms with Gasteiger partial charge in [0.25, 0.3) is 5.91 Å². The zero-order chi connectivity index (χ0) is 22.1. The highest BCUT2D eigenvalue weighted by atomic mass is 19.1. The van der Waals surface area contributed by atoms with Crippen molar-refractivity contribution in [1.82, 2.24) is 19.8 Å². The summed E-state index contributed by atoms with van der Waals surface area (Å²) < 4.78 is 13.2. The molecule has 1 aromatic heterocycles. The number of nitrogens with one attached hydrogen (secondary N) is 1. The van der Waals surface area contributed by atoms with Gasteiger partial charge in [0.05, 0.1) is 17.0 Å². The highest BCUT2D eigenvalue weighted by Gasteiger charge is 2.34. The Morgan fingerprint density at radius 2 is 1.69 bits per heavy atom. The van der Waals surface area contributed by atoms with Crippen molar-refractivity contribution in [1.29, 1.82) is 0 Å². The average Bonchev–Trinajstić information content (AvgIpc) is 3.28. The molecule has 0 bridgehead atoms. The van der Waals surface area contributed by atoms with E-state index in [4.69, 9.17) is 4.98 Å². The first-order chi connectivity index (χ1) is 15.6. The summed E-state index contributed by atoms with van der Waals surface area (Å²) in [6.45, 7) is 2.45. The van der Waals surface area contributed by atoms with Crippen molar-refractivity contribution in [3.63, 3.8) is 0 Å². The van der Waals surface area contributed by atoms with Gasteiger partial charge in [-0.2, -0.15) is 0 Å². The summed E-state index contributed by atoms with van der Waals surface area (Å²) in [4.78, 5) is 38.1. The number of benzene rings is 2. The van der Waals surface area contributed by atoms with E-state index in [1.807, 2.05) is 29.2 Å². The Labute approximate surface area is 186 Å². The van der Waals surface area contributed by atoms with E-state index in [0.717, 1.165) is 49.1 Å². The van der Waals surface area contributed by atoms with Crippen molar-refractivity contribution in [2.75, 3.05) is 26.2 Å². The van der Waals surface area contributed by atoms with Gasteiger partial charge in [0, 0.05) is 37.7 Å². The van der Waals surface area contributed by atoms with Crippen molar-refractivity contribution in [3.05, 3.63) is 65.7 Å². The minimum atomic E-state index is -0.364. The Kier molecular flexibility index (Phi) is 5.64. The molecule has 1 N–H and O–H groups in total. The second-order valence-corrected chi connectivity index (χ2v) is 8.86. The summed E-state index contributed by atoms with van der Waals surface area (Å²) in [7, 11) is 0. The van der Waals surface area contributed by atoms with Crippen LogP contribution in [-0.2, 0) is 4.79 Å². The van der Waals surface area contributed by atoms with Gasteiger partial charge in [-0.15, -0.1) is 0 Å². The first kappa shape index (κ1) is 20.7. The predicted molar refractivity (Wildman–Crippen MR) is 120 cm³/mol. The molecular weight excluding hydrogens is 407 g/mol. The number of carbonyl (C=O) groups is 2. The van der Waals surface area contributed by atoms with Crippen LogP contribution in [-0.4, -0.2) is 57.8 Å². The maximum Gasteiger partial charge on any atom is 0.253 e. The lowest BCUT2D eigenvalue weighted by Crippen LogP contribution is -2.49. The molecule has 2 aliphatic heterocycles. The van der Waals surface area contributed by atoms with Crippen LogP contribution in [0.3, 0.4) is 0 Å². The van der Waals surface area contributed by atoms with Crippen LogP contribution >= 0.6 is 0 Å². The molecule has 0 spiro atoms. The standard InChI is InChI=1S/C25H27FN4O2/c26-20-11-9-17(10-12-20)24(31)30-14-4-6-19(16-30)25(32)29-13-3-5-18(15-29)23-27-21-7-1-2-8-22(21)28-23/h1-2,7-12,18-19H,3-6,13-16H2,(H,27,28)/t18-,19-/m1/s1. The largest absolute Gasteiger partial charge is 0.342 e. The Hall–Kier alpha value is -3.22. The van der Waals surface area contributed by atoms with Crippen molar-refractivity contribution in [3.8, 4) is 0 Å². The molecule has 0 aliphatic carbocycles. The van der Waals surface area contributed by atoms with Gasteiger partial charge < -0.3 is 14.8 Å². The summed E-state index contributed by atoms with van der Waals surface area (Å²) >= 11 is 0. The molecule has 0 saturated carbocycles. The molecule has 166 valence electrons. The minimum Gasteiger partial charge on any atom is -0.342 e. The highest BCUT2D eigenvalue weighted by Crippen LogP contribution is 2.29. The molecule has 2 aliphatic rings. The quantitative estimate of drug-likeness (QED) is 0.678. The summed E-state index contributed by atoms with van der Waals surface area (Å²) in [5, 5.41) is 0. The number of halogens is 1. The number of H-pyrrole nitrogens is 1. The molecule has 2 fully saturated rings. The fraction of sp³-hybridized carbons (Fsp3) is 0.400. The Morgan fingerprint density at radius 1 is 0.938 bits per heavy atom. The number of piperidine rings is 2. The van der Waals surface area contributed by atoms with Gasteiger partial charge in [0.2, 0.25) is 5.91 Å². The number of rotatable bonds is 3. The molecule has 7 heteroatoms. The van der Waals surface area contributed by atoms with Crippen LogP contribution in [0.4, 0.5) is 4.39 Å². The normalized spacial score (nSPS) is 21.7. The van der Waals surface area contributed by atoms with Gasteiger partial charge >= 0.3 is 0 Å². The second-order valence-electron chi connectivity index (χ2n) is 8.86. The molecule has 3 aromatic rings. The Morgan fingerprint density at radius 3 is 2.50 bits per heavy atom. The summed E-state index contributed by atoms with van der Waals surface area (Å²) in [5.74, 6) is 0.574. The fourth-order valence-electron chi connectivity index (χ4n) is 4.96. The molecule has 0 unspecified atom stereocenters. The molecular formula is C25H27FN4O2. The van der Waals surface area contributed by atoms with Crippen molar-refractivity contribution in [2.45, 2.75) is 31.6 Å². The number of aromatic amines is 1. The second kappa shape index (κ2) is 8.73. The number of para-hydroxylation sites is 2. The summed E-state index contributed by atoms with van der Waals surface area (Å²) in [5.41, 5.74) is 2.43. The zero-order valence-corrected chi connectivity index (χ0v) is 18.0. The number of hydrogen-bond acceptors (Lipinski definition) is 3. The minimum absolute atomic E-state index is 0.127. The molecule has 6 nitrogen and oxygen atoms in total. The Balaban J connectivity index is 1.25. The van der Waals surface area contributed by atoms with Gasteiger partial charge in [-0.25, -0.2) is 9.37 Å². The van der Waals surface area contributed by atoms with E-state index < -0.39 is 0 Å². The molecule has 2 amide bonds. The van der Waals surface area contributed by atoms with E-state index in [0.29, 0.717) is 25.2 Å². The predicted octanol–water partition coefficient (Wildman–Crippen LogP) is 3.96. The number of amides is 2. The number of fused-ring (bicyclic) bond motifs is 1. The Bertz CT molecular complexity index is 1090. The lowest BCUT2D eigenvalue weighted by Gasteiger charge is -2.38. The average molecular weight is 435 g/mol. The van der Waals surface area contributed by atoms with Crippen molar-refractivity contribution >= 4 is 22.8 Å². The fourth-order valence-corrected chi connectivity index (χ4v) is 4.96. The third-order valence-corrected chi connectivity index (χ3v) is 6.68. The number of aromatic nitrogens is 2. The number of nitrogens with zero attached hydrogens (tertiary/aromatic N) is 3. The molecule has 32 heavy (non-hydrogen) atoms. The molecule has 2 saturated heterocycles. The van der Waals surface area contributed by atoms with Crippen LogP contribution in [0.15, 0.2) is 48.5 Å². The van der Waals surface area contributed by atoms with Crippen LogP contribution in [0.1, 0.15) is 47.8 Å². The summed E-state index contributed by atoms with van der Waals surface area (Å²) in [6.07, 6.45) is 3.53. The van der Waals surface area contributed by atoms with Crippen LogP contribution in [0.25, 0.3) is 11.0 Å². The highest BCUT2D eigenvalue weighted by molar-refractivity contribution is 5.94. The van der Waals surface area contributed by atoms with Crippen LogP contribution < -0.4 is 0 Å². The van der Waals surface area contributed by atoms with Crippen LogP contribution in [0.5, 0.6) is 0 Å². The number of carbonyl (C=O) groups excluding carboxylic acids is 2. The monoisotopic (exact) mass is 434 g/mol. The molecule has 2 aromatic carbocycles. The third kappa shape index (κ3) is 4.11. The van der Waals surface area contributed by atoms with E-state index in [9.17, 15) is 14.0 Å². The van der Waals surface area contributed by atoms with E-state index >= 15 is 0 Å². The number of imidazole rings is 1. The first-order valence-electron chi connectivity index (χ1n) is 11.4. The maximum atomic E-state index is 13.4. The van der Waals surface area contributed by atoms with E-state index in [2.05, 4.69) is 4.98 Å². The zero-order valence-electron chi connectivity index (χ0n) is 18.0. The topological polar surface area (TPSA) is 69.3 Å². The van der Waals surface area contributed by atoms with Gasteiger partial charge in [-0.05, 0) is 62.1 Å². The molecule has 3 heterocycles. The molecule has 0 radical (unpaired) electrons. The van der Waals surface area contributed by atoms with Crippen molar-refractivity contribution in [2.24, 2.45) is 5.92 Å². The summed E-state index contributed by atoms with van der Waals surface area (Å²) in [6, 6.07) is 13.6. The first-order valence-corrected chi connectivity index (χ1v) is 11.4. The maximum absolute atomic E-state index is 13.4. The molecule has 2 atom stereocenters. The lowest BCUT2D eigenvalue weighted by molar-refractivity contribution is -0.138. The van der Waals surface area contributed by atoms with E-state index in [1.165, 1.54) is 24.3 Å². The van der Waals surface area contributed by atoms with E-state index in [1.54, 1.807) is 4.90 Å². The van der Waals surface area contributed by atoms with Gasteiger partial charge in [-0.1, -0.05) is 12.1 Å². The van der Waals surface area contributed by atoms with Crippen LogP contribution in [0.2, 0.25) is 0 Å². The van der Waals surface area contributed by atoms with Crippen molar-refractivity contribution < 1.29 is 14.0 Å². The van der Waals surface area contributed by atoms with Gasteiger partial charge in [-0.3, -0.25) is 9.59 Å². The van der Waals surface area contributed by atoms with Gasteiger partial charge in [0.15, 0.2) is 0 Å². The smallest absolute Gasteiger partial charge is 0.253 e. The van der Waals surface area contributed by atoms with E-state index in [-0.39, 0.29) is 29.5 Å². The number of likely N-dealkylation sites (tertiary alicyclic amines) is 2. The third-order valence-electron chi connectivity index (χ3n) is 6.68. The SMILES string of the molecule is O=C(c1ccc(F)cc1)N1CCC[C@@H](C(=O)N2CCC[C@@H](c3nc4ccccc4[nH]3)C2)C1.